The number of ketones is 2. The van der Waals surface area contributed by atoms with Gasteiger partial charge in [-0.3, -0.25) is 24.2 Å². The highest BCUT2D eigenvalue weighted by molar-refractivity contribution is 6.42. The topological polar surface area (TPSA) is 158 Å². The number of aromatic nitrogens is 1. The molecule has 0 radical (unpaired) electrons. The molecule has 1 aromatic heterocycles. The fourth-order valence-electron chi connectivity index (χ4n) is 3.94. The van der Waals surface area contributed by atoms with Gasteiger partial charge in [0.05, 0.1) is 70.7 Å². The van der Waals surface area contributed by atoms with Gasteiger partial charge in [-0.15, -0.1) is 0 Å². The van der Waals surface area contributed by atoms with Gasteiger partial charge in [0.25, 0.3) is 11.8 Å². The Kier molecular flexibility index (Phi) is 11.5. The molecule has 19 heteroatoms. The first-order valence-corrected chi connectivity index (χ1v) is 13.6. The van der Waals surface area contributed by atoms with Gasteiger partial charge >= 0.3 is 24.3 Å². The number of hydrogen-bond donors (Lipinski definition) is 2. The van der Waals surface area contributed by atoms with Crippen molar-refractivity contribution in [2.24, 2.45) is 0 Å². The van der Waals surface area contributed by atoms with Gasteiger partial charge in [-0.25, -0.2) is 9.59 Å². The van der Waals surface area contributed by atoms with Crippen LogP contribution in [0.15, 0.2) is 42.5 Å². The van der Waals surface area contributed by atoms with Gasteiger partial charge in [-0.1, -0.05) is 23.2 Å². The summed E-state index contributed by atoms with van der Waals surface area (Å²) in [5, 5.41) is 2.55. The number of rotatable bonds is 10. The molecule has 0 saturated carbocycles. The molecule has 1 heterocycles. The molecule has 0 aliphatic rings. The molecule has 0 fully saturated rings. The van der Waals surface area contributed by atoms with E-state index in [1.54, 1.807) is 0 Å². The van der Waals surface area contributed by atoms with Crippen molar-refractivity contribution in [2.45, 2.75) is 25.2 Å². The Labute approximate surface area is 275 Å². The number of carbonyl (C=O) groups excluding carboxylic acids is 6. The van der Waals surface area contributed by atoms with Crippen LogP contribution >= 0.6 is 23.2 Å². The average molecular weight is 722 g/mol. The largest absolute Gasteiger partial charge is 0.465 e. The fraction of sp³-hybridized carbons (Fsp3) is 0.207. The maximum absolute atomic E-state index is 13.2. The van der Waals surface area contributed by atoms with Crippen LogP contribution in [0.1, 0.15) is 43.2 Å². The Hall–Kier alpha value is -5.03. The molecule has 2 N–H and O–H groups in total. The molecular formula is C29H19Cl2F6N3O8. The highest BCUT2D eigenvalue weighted by Gasteiger charge is 2.35. The zero-order valence-corrected chi connectivity index (χ0v) is 25.7. The third kappa shape index (κ3) is 9.07. The number of carbonyl (C=O) groups is 6. The Morgan fingerprint density at radius 3 is 1.31 bits per heavy atom. The molecule has 2 amide bonds. The summed E-state index contributed by atoms with van der Waals surface area (Å²) in [6.07, 6.45) is -11.9. The summed E-state index contributed by atoms with van der Waals surface area (Å²) in [4.78, 5) is 79.7. The summed E-state index contributed by atoms with van der Waals surface area (Å²) in [5.74, 6) is -8.00. The fourth-order valence-corrected chi connectivity index (χ4v) is 4.39. The minimum atomic E-state index is -4.89. The number of nitrogens with zero attached hydrogens (tertiary/aromatic N) is 1. The summed E-state index contributed by atoms with van der Waals surface area (Å²) in [6, 6.07) is 5.36. The van der Waals surface area contributed by atoms with E-state index >= 15 is 0 Å². The normalized spacial score (nSPS) is 11.4. The van der Waals surface area contributed by atoms with Crippen LogP contribution in [0.2, 0.25) is 10.0 Å². The SMILES string of the molecule is COC(=O)c1cc(C(=O)OC)c(CC(=O)C(=O)Nc2ccc(Cl)c(C(F)(F)F)c2)nc1CC(=O)C(=O)Nc1ccc(Cl)c(C(F)(F)F)c1. The van der Waals surface area contributed by atoms with Gasteiger partial charge < -0.3 is 20.1 Å². The number of halogens is 8. The third-order valence-electron chi connectivity index (χ3n) is 6.21. The smallest absolute Gasteiger partial charge is 0.417 e. The molecule has 0 aliphatic carbocycles. The number of esters is 2. The maximum atomic E-state index is 13.2. The summed E-state index contributed by atoms with van der Waals surface area (Å²) >= 11 is 11.1. The lowest BCUT2D eigenvalue weighted by Crippen LogP contribution is -2.28. The van der Waals surface area contributed by atoms with Gasteiger partial charge in [-0.05, 0) is 42.5 Å². The van der Waals surface area contributed by atoms with Crippen LogP contribution < -0.4 is 10.6 Å². The molecule has 3 rings (SSSR count). The van der Waals surface area contributed by atoms with Crippen LogP contribution in [-0.2, 0) is 53.8 Å². The molecule has 48 heavy (non-hydrogen) atoms. The number of alkyl halides is 6. The minimum Gasteiger partial charge on any atom is -0.465 e. The first-order chi connectivity index (χ1) is 22.3. The summed E-state index contributed by atoms with van der Waals surface area (Å²) in [6.45, 7) is 0. The quantitative estimate of drug-likeness (QED) is 0.157. The predicted octanol–water partition coefficient (Wildman–Crippen LogP) is 5.50. The van der Waals surface area contributed by atoms with E-state index in [4.69, 9.17) is 23.2 Å². The van der Waals surface area contributed by atoms with Crippen molar-refractivity contribution >= 4 is 69.9 Å². The first-order valence-electron chi connectivity index (χ1n) is 12.9. The number of ether oxygens (including phenoxy) is 2. The zero-order valence-electron chi connectivity index (χ0n) is 24.2. The highest BCUT2D eigenvalue weighted by Crippen LogP contribution is 2.37. The van der Waals surface area contributed by atoms with Crippen molar-refractivity contribution in [3.63, 3.8) is 0 Å². The molecule has 0 bridgehead atoms. The number of nitrogens with one attached hydrogen (secondary N) is 2. The lowest BCUT2D eigenvalue weighted by atomic mass is 10.0. The molecule has 0 aliphatic heterocycles. The van der Waals surface area contributed by atoms with E-state index in [2.05, 4.69) is 14.5 Å². The van der Waals surface area contributed by atoms with E-state index in [-0.39, 0.29) is 0 Å². The minimum absolute atomic E-state index is 0.465. The summed E-state index contributed by atoms with van der Waals surface area (Å²) < 4.78 is 88.4. The second-order valence-corrected chi connectivity index (χ2v) is 10.3. The Morgan fingerprint density at radius 2 is 1.00 bits per heavy atom. The zero-order chi connectivity index (χ0) is 36.1. The van der Waals surface area contributed by atoms with Gasteiger partial charge in [-0.2, -0.15) is 26.3 Å². The van der Waals surface area contributed by atoms with Crippen LogP contribution in [0.5, 0.6) is 0 Å². The molecule has 254 valence electrons. The van der Waals surface area contributed by atoms with Crippen LogP contribution in [-0.4, -0.2) is 54.5 Å². The number of anilines is 2. The van der Waals surface area contributed by atoms with Gasteiger partial charge in [0.15, 0.2) is 0 Å². The monoisotopic (exact) mass is 721 g/mol. The van der Waals surface area contributed by atoms with Gasteiger partial charge in [0.1, 0.15) is 0 Å². The van der Waals surface area contributed by atoms with Crippen LogP contribution in [0.25, 0.3) is 0 Å². The van der Waals surface area contributed by atoms with Crippen LogP contribution in [0.3, 0.4) is 0 Å². The number of pyridine rings is 1. The molecular weight excluding hydrogens is 703 g/mol. The van der Waals surface area contributed by atoms with E-state index in [1.165, 1.54) is 0 Å². The number of Topliss-reactive ketones (excluding diaryl/α,β-unsaturated/α-hetero) is 2. The molecule has 11 nitrogen and oxygen atoms in total. The standard InChI is InChI=1S/C29H19Cl2F6N3O8/c1-47-26(45)14-9-15(27(46)48-2)21(11-23(42)25(44)39-13-4-6-19(31)17(8-13)29(35,36)37)40-20(14)10-22(41)24(43)38-12-3-5-18(30)16(7-12)28(32,33)34/h3-9H,10-11H2,1-2H3,(H,38,43)(H,39,44). The summed E-state index contributed by atoms with van der Waals surface area (Å²) in [7, 11) is 1.83. The van der Waals surface area contributed by atoms with Gasteiger partial charge in [0.2, 0.25) is 11.6 Å². The van der Waals surface area contributed by atoms with Crippen molar-refractivity contribution in [2.75, 3.05) is 24.9 Å². The van der Waals surface area contributed by atoms with Crippen molar-refractivity contribution in [1.82, 2.24) is 4.98 Å². The number of methoxy groups -OCH3 is 2. The van der Waals surface area contributed by atoms with Crippen LogP contribution in [0, 0.1) is 0 Å². The number of amides is 2. The lowest BCUT2D eigenvalue weighted by molar-refractivity contribution is -0.138. The van der Waals surface area contributed by atoms with Crippen molar-refractivity contribution in [3.05, 3.63) is 86.2 Å². The maximum Gasteiger partial charge on any atom is 0.417 e. The van der Waals surface area contributed by atoms with E-state index in [1.807, 2.05) is 10.6 Å². The Balaban J connectivity index is 1.93. The van der Waals surface area contributed by atoms with E-state index in [0.717, 1.165) is 44.6 Å². The number of hydrogen-bond acceptors (Lipinski definition) is 9. The molecule has 0 atom stereocenters. The van der Waals surface area contributed by atoms with Crippen molar-refractivity contribution < 1.29 is 64.6 Å². The van der Waals surface area contributed by atoms with E-state index < -0.39 is 116 Å². The second kappa shape index (κ2) is 14.8. The molecule has 0 saturated heterocycles. The van der Waals surface area contributed by atoms with Gasteiger partial charge in [0, 0.05) is 11.4 Å². The van der Waals surface area contributed by atoms with E-state index in [9.17, 15) is 55.1 Å². The first kappa shape index (κ1) is 37.4. The predicted molar refractivity (Wildman–Crippen MR) is 155 cm³/mol. The molecule has 0 spiro atoms. The third-order valence-corrected chi connectivity index (χ3v) is 6.87. The van der Waals surface area contributed by atoms with Crippen molar-refractivity contribution in [1.29, 1.82) is 0 Å². The lowest BCUT2D eigenvalue weighted by Gasteiger charge is -2.14. The molecule has 2 aromatic carbocycles. The molecule has 0 unspecified atom stereocenters. The second-order valence-electron chi connectivity index (χ2n) is 9.45. The Bertz CT molecular complexity index is 1700. The van der Waals surface area contributed by atoms with Crippen LogP contribution in [0.4, 0.5) is 37.7 Å². The average Bonchev–Trinajstić information content (AvgIpc) is 3.00. The molecule has 3 aromatic rings. The van der Waals surface area contributed by atoms with Crippen molar-refractivity contribution in [3.8, 4) is 0 Å². The number of benzene rings is 2. The van der Waals surface area contributed by atoms with E-state index in [0.29, 0.717) is 12.1 Å². The summed E-state index contributed by atoms with van der Waals surface area (Å²) in [5.41, 5.74) is -5.79. The highest BCUT2D eigenvalue weighted by atomic mass is 35.5. The Morgan fingerprint density at radius 1 is 0.646 bits per heavy atom.